The fraction of sp³-hybridized carbons (Fsp3) is 0.346. The summed E-state index contributed by atoms with van der Waals surface area (Å²) in [5, 5.41) is 2.94. The lowest BCUT2D eigenvalue weighted by atomic mass is 10.1. The molecule has 3 rings (SSSR count). The van der Waals surface area contributed by atoms with Gasteiger partial charge in [0.1, 0.15) is 25.4 Å². The van der Waals surface area contributed by atoms with Crippen molar-refractivity contribution >= 4 is 5.91 Å². The van der Waals surface area contributed by atoms with Gasteiger partial charge in [-0.3, -0.25) is 4.79 Å². The van der Waals surface area contributed by atoms with Gasteiger partial charge in [-0.25, -0.2) is 0 Å². The fourth-order valence-corrected chi connectivity index (χ4v) is 3.61. The van der Waals surface area contributed by atoms with E-state index in [1.807, 2.05) is 24.3 Å². The second kappa shape index (κ2) is 12.0. The van der Waals surface area contributed by atoms with E-state index in [0.29, 0.717) is 18.8 Å². The highest BCUT2D eigenvalue weighted by Crippen LogP contribution is 2.11. The molecule has 3 aromatic rings. The highest BCUT2D eigenvalue weighted by atomic mass is 16.5. The molecule has 164 valence electrons. The van der Waals surface area contributed by atoms with Crippen molar-refractivity contribution in [1.29, 1.82) is 0 Å². The summed E-state index contributed by atoms with van der Waals surface area (Å²) in [5.41, 5.74) is 2.50. The zero-order chi connectivity index (χ0) is 21.9. The zero-order valence-electron chi connectivity index (χ0n) is 18.5. The number of amides is 1. The number of methoxy groups -OCH3 is 1. The second-order valence-electron chi connectivity index (χ2n) is 7.84. The highest BCUT2D eigenvalue weighted by Gasteiger charge is 2.17. The average Bonchev–Trinajstić information content (AvgIpc) is 3.26. The van der Waals surface area contributed by atoms with E-state index < -0.39 is 0 Å². The first-order chi connectivity index (χ1) is 15.2. The largest absolute Gasteiger partial charge is 0.497 e. The molecule has 1 heterocycles. The molecule has 0 fully saturated rings. The number of benzene rings is 2. The summed E-state index contributed by atoms with van der Waals surface area (Å²) in [6.45, 7) is 5.25. The number of nitrogens with one attached hydrogen (secondary N) is 2. The number of furan rings is 1. The molecule has 0 aliphatic rings. The average molecular weight is 422 g/mol. The third kappa shape index (κ3) is 7.30. The molecule has 0 spiro atoms. The van der Waals surface area contributed by atoms with Crippen LogP contribution < -0.4 is 15.0 Å². The van der Waals surface area contributed by atoms with Gasteiger partial charge in [-0.2, -0.15) is 0 Å². The van der Waals surface area contributed by atoms with Crippen molar-refractivity contribution in [2.24, 2.45) is 0 Å². The van der Waals surface area contributed by atoms with Crippen LogP contribution in [0.25, 0.3) is 0 Å². The molecule has 0 bridgehead atoms. The van der Waals surface area contributed by atoms with Crippen LogP contribution in [0.2, 0.25) is 0 Å². The Morgan fingerprint density at radius 2 is 1.61 bits per heavy atom. The Kier molecular flexibility index (Phi) is 8.73. The van der Waals surface area contributed by atoms with Crippen molar-refractivity contribution in [3.8, 4) is 5.75 Å². The van der Waals surface area contributed by atoms with Crippen LogP contribution in [0, 0.1) is 0 Å². The Morgan fingerprint density at radius 3 is 2.29 bits per heavy atom. The van der Waals surface area contributed by atoms with E-state index in [1.54, 1.807) is 13.2 Å². The van der Waals surface area contributed by atoms with Gasteiger partial charge in [-0.15, -0.1) is 0 Å². The molecule has 0 saturated heterocycles. The van der Waals surface area contributed by atoms with Crippen molar-refractivity contribution in [3.05, 3.63) is 89.4 Å². The van der Waals surface area contributed by atoms with E-state index in [1.165, 1.54) is 16.0 Å². The Balaban J connectivity index is 1.66. The second-order valence-corrected chi connectivity index (χ2v) is 7.84. The lowest BCUT2D eigenvalue weighted by molar-refractivity contribution is -0.942. The molecule has 1 amide bonds. The molecule has 0 radical (unpaired) electrons. The summed E-state index contributed by atoms with van der Waals surface area (Å²) in [5.74, 6) is 1.92. The van der Waals surface area contributed by atoms with Gasteiger partial charge < -0.3 is 19.4 Å². The van der Waals surface area contributed by atoms with Gasteiger partial charge >= 0.3 is 0 Å². The Morgan fingerprint density at radius 1 is 0.903 bits per heavy atom. The molecule has 2 N–H and O–H groups in total. The minimum absolute atomic E-state index is 0.137. The third-order valence-electron chi connectivity index (χ3n) is 5.29. The van der Waals surface area contributed by atoms with Crippen LogP contribution in [0.5, 0.6) is 5.75 Å². The predicted octanol–water partition coefficient (Wildman–Crippen LogP) is 3.99. The van der Waals surface area contributed by atoms with Gasteiger partial charge in [0.15, 0.2) is 11.5 Å². The number of unbranched alkanes of at least 4 members (excludes halogenated alkanes) is 2. The van der Waals surface area contributed by atoms with Crippen LogP contribution in [0.3, 0.4) is 0 Å². The molecule has 1 aromatic heterocycles. The third-order valence-corrected chi connectivity index (χ3v) is 5.29. The number of hydrogen-bond donors (Lipinski definition) is 2. The fourth-order valence-electron chi connectivity index (χ4n) is 3.61. The first-order valence-electron chi connectivity index (χ1n) is 11.0. The lowest BCUT2D eigenvalue weighted by Gasteiger charge is -2.19. The van der Waals surface area contributed by atoms with Crippen LogP contribution in [0.1, 0.15) is 53.6 Å². The van der Waals surface area contributed by atoms with E-state index in [4.69, 9.17) is 9.15 Å². The molecular formula is C26H33N2O3+. The molecule has 31 heavy (non-hydrogen) atoms. The first-order valence-corrected chi connectivity index (χ1v) is 11.0. The number of rotatable bonds is 12. The van der Waals surface area contributed by atoms with Gasteiger partial charge in [0.25, 0.3) is 5.91 Å². The van der Waals surface area contributed by atoms with Gasteiger partial charge in [-0.05, 0) is 42.8 Å². The van der Waals surface area contributed by atoms with Crippen LogP contribution in [0.4, 0.5) is 0 Å². The summed E-state index contributed by atoms with van der Waals surface area (Å²) in [6.07, 6.45) is 3.24. The van der Waals surface area contributed by atoms with Crippen molar-refractivity contribution in [2.45, 2.75) is 45.8 Å². The highest BCUT2D eigenvalue weighted by molar-refractivity contribution is 5.91. The SMILES string of the molecule is CCCCCNC(=O)c1ccc(C[NH+](Cc2ccccc2)Cc2ccc(OC)cc2)o1. The molecule has 5 nitrogen and oxygen atoms in total. The zero-order valence-corrected chi connectivity index (χ0v) is 18.5. The molecular weight excluding hydrogens is 388 g/mol. The maximum absolute atomic E-state index is 12.3. The Bertz CT molecular complexity index is 919. The van der Waals surface area contributed by atoms with Gasteiger partial charge in [0, 0.05) is 17.7 Å². The van der Waals surface area contributed by atoms with E-state index in [0.717, 1.165) is 43.9 Å². The lowest BCUT2D eigenvalue weighted by Crippen LogP contribution is -3.08. The predicted molar refractivity (Wildman–Crippen MR) is 122 cm³/mol. The standard InChI is InChI=1S/C26H32N2O3/c1-3-4-8-17-27-26(29)25-16-15-24(31-25)20-28(18-21-9-6-5-7-10-21)19-22-11-13-23(30-2)14-12-22/h5-7,9-16H,3-4,8,17-20H2,1-2H3,(H,27,29)/p+1. The quantitative estimate of drug-likeness (QED) is 0.435. The van der Waals surface area contributed by atoms with E-state index in [2.05, 4.69) is 48.6 Å². The van der Waals surface area contributed by atoms with Gasteiger partial charge in [-0.1, -0.05) is 50.1 Å². The maximum atomic E-state index is 12.3. The number of carbonyl (C=O) groups is 1. The maximum Gasteiger partial charge on any atom is 0.286 e. The topological polar surface area (TPSA) is 55.9 Å². The van der Waals surface area contributed by atoms with Crippen molar-refractivity contribution in [3.63, 3.8) is 0 Å². The van der Waals surface area contributed by atoms with Gasteiger partial charge in [0.2, 0.25) is 0 Å². The van der Waals surface area contributed by atoms with Crippen molar-refractivity contribution in [2.75, 3.05) is 13.7 Å². The number of quaternary nitrogens is 1. The Hall–Kier alpha value is -3.05. The molecule has 2 aromatic carbocycles. The van der Waals surface area contributed by atoms with E-state index in [-0.39, 0.29) is 5.91 Å². The molecule has 1 unspecified atom stereocenters. The molecule has 0 saturated carbocycles. The minimum atomic E-state index is -0.137. The first kappa shape index (κ1) is 22.6. The number of carbonyl (C=O) groups excluding carboxylic acids is 1. The molecule has 1 atom stereocenters. The Labute approximate surface area is 185 Å². The summed E-state index contributed by atoms with van der Waals surface area (Å²) >= 11 is 0. The van der Waals surface area contributed by atoms with Crippen LogP contribution >= 0.6 is 0 Å². The summed E-state index contributed by atoms with van der Waals surface area (Å²) in [6, 6.07) is 22.3. The summed E-state index contributed by atoms with van der Waals surface area (Å²) in [4.78, 5) is 13.7. The van der Waals surface area contributed by atoms with Gasteiger partial charge in [0.05, 0.1) is 7.11 Å². The van der Waals surface area contributed by atoms with Crippen LogP contribution in [-0.2, 0) is 19.6 Å². The monoisotopic (exact) mass is 421 g/mol. The van der Waals surface area contributed by atoms with Crippen molar-refractivity contribution < 1.29 is 18.8 Å². The van der Waals surface area contributed by atoms with Crippen molar-refractivity contribution in [1.82, 2.24) is 5.32 Å². The summed E-state index contributed by atoms with van der Waals surface area (Å²) < 4.78 is 11.2. The smallest absolute Gasteiger partial charge is 0.286 e. The molecule has 5 heteroatoms. The minimum Gasteiger partial charge on any atom is -0.497 e. The molecule has 0 aliphatic heterocycles. The van der Waals surface area contributed by atoms with E-state index in [9.17, 15) is 4.79 Å². The normalized spacial score (nSPS) is 11.8. The molecule has 0 aliphatic carbocycles. The van der Waals surface area contributed by atoms with Crippen LogP contribution in [-0.4, -0.2) is 19.6 Å². The van der Waals surface area contributed by atoms with E-state index >= 15 is 0 Å². The number of ether oxygens (including phenoxy) is 1. The number of hydrogen-bond acceptors (Lipinski definition) is 3. The van der Waals surface area contributed by atoms with Crippen LogP contribution in [0.15, 0.2) is 71.1 Å². The summed E-state index contributed by atoms with van der Waals surface area (Å²) in [7, 11) is 1.68.